The molecule has 2 nitrogen and oxygen atoms in total. The van der Waals surface area contributed by atoms with Gasteiger partial charge in [0, 0.05) is 32.9 Å². The maximum atomic E-state index is 2.61. The van der Waals surface area contributed by atoms with Gasteiger partial charge in [0.2, 0.25) is 0 Å². The number of benzene rings is 9. The molecule has 3 aliphatic carbocycles. The minimum absolute atomic E-state index is 0.525. The van der Waals surface area contributed by atoms with Gasteiger partial charge in [0.15, 0.2) is 0 Å². The molecular formula is C65H54N2. The third-order valence-corrected chi connectivity index (χ3v) is 15.6. The summed E-state index contributed by atoms with van der Waals surface area (Å²) in [5.41, 5.74) is 21.6. The summed E-state index contributed by atoms with van der Waals surface area (Å²) in [5.74, 6) is 0. The van der Waals surface area contributed by atoms with E-state index < -0.39 is 10.8 Å². The van der Waals surface area contributed by atoms with Crippen LogP contribution in [0.15, 0.2) is 200 Å². The second kappa shape index (κ2) is 15.3. The summed E-state index contributed by atoms with van der Waals surface area (Å²) < 4.78 is 4.90. The number of rotatable bonds is 10. The summed E-state index contributed by atoms with van der Waals surface area (Å²) in [4.78, 5) is 0. The van der Waals surface area contributed by atoms with Gasteiger partial charge in [-0.25, -0.2) is 0 Å². The maximum Gasteiger partial charge on any atom is 0.0711 e. The average molecular weight is 863 g/mol. The first-order chi connectivity index (χ1) is 33.1. The van der Waals surface area contributed by atoms with E-state index >= 15 is 0 Å². The van der Waals surface area contributed by atoms with Gasteiger partial charge in [-0.3, -0.25) is 0 Å². The first kappa shape index (κ1) is 39.9. The predicted octanol–water partition coefficient (Wildman–Crippen LogP) is 16.1. The number of aryl methyl sites for hydroxylation is 3. The molecule has 0 radical (unpaired) electrons. The SMILES string of the molecule is CCCc1ccc2c(c1)C1(c3ccc(-n4c5ccccc5c5ccccc54)cc3)c3ccc(CCC)cc3C2(c2ccc(-n3c4ccccc4c4ccccc43)cc2)c2cc(CCC)ccc21. The quantitative estimate of drug-likeness (QED) is 0.130. The minimum atomic E-state index is -0.526. The fourth-order valence-corrected chi connectivity index (χ4v) is 12.9. The average Bonchev–Trinajstić information content (AvgIpc) is 3.90. The molecule has 2 bridgehead atoms. The Labute approximate surface area is 393 Å². The standard InChI is InChI=1S/C65H54N2/c1-4-15-43-28-39-56-57(40-43)64(46-29-33-48(34-30-46)66-60-22-11-7-18-50(60)51-19-8-12-23-61(51)66)54-37-26-44(16-5-2)41-58(54)65(56,59-42-45(17-6-3)27-38-55(59)64)47-31-35-49(36-32-47)67-62-24-13-9-20-52(62)53-21-10-14-25-63(53)67/h7-14,18-42H,4-6,15-17H2,1-3H3. The third kappa shape index (κ3) is 5.50. The van der Waals surface area contributed by atoms with Crippen LogP contribution in [0.1, 0.15) is 101 Å². The lowest BCUT2D eigenvalue weighted by atomic mass is 9.44. The Morgan fingerprint density at radius 2 is 0.582 bits per heavy atom. The summed E-state index contributed by atoms with van der Waals surface area (Å²) in [6.45, 7) is 6.93. The summed E-state index contributed by atoms with van der Waals surface area (Å²) in [7, 11) is 0. The van der Waals surface area contributed by atoms with Crippen LogP contribution >= 0.6 is 0 Å². The van der Waals surface area contributed by atoms with Gasteiger partial charge in [-0.15, -0.1) is 0 Å². The number of hydrogen-bond donors (Lipinski definition) is 0. The molecule has 67 heavy (non-hydrogen) atoms. The predicted molar refractivity (Wildman–Crippen MR) is 281 cm³/mol. The van der Waals surface area contributed by atoms with E-state index in [9.17, 15) is 0 Å². The van der Waals surface area contributed by atoms with Crippen LogP contribution in [0.5, 0.6) is 0 Å². The van der Waals surface area contributed by atoms with Crippen LogP contribution in [-0.4, -0.2) is 9.13 Å². The van der Waals surface area contributed by atoms with Crippen molar-refractivity contribution in [2.45, 2.75) is 70.1 Å². The van der Waals surface area contributed by atoms with Crippen molar-refractivity contribution in [1.82, 2.24) is 9.13 Å². The number of para-hydroxylation sites is 4. The Bertz CT molecular complexity index is 3560. The zero-order valence-electron chi connectivity index (χ0n) is 38.7. The van der Waals surface area contributed by atoms with Gasteiger partial charge in [-0.2, -0.15) is 0 Å². The van der Waals surface area contributed by atoms with Crippen molar-refractivity contribution in [3.63, 3.8) is 0 Å². The van der Waals surface area contributed by atoms with Gasteiger partial charge in [0.25, 0.3) is 0 Å². The zero-order chi connectivity index (χ0) is 44.9. The van der Waals surface area contributed by atoms with Crippen LogP contribution in [-0.2, 0) is 30.1 Å². The second-order valence-electron chi connectivity index (χ2n) is 19.2. The number of fused-ring (bicyclic) bond motifs is 6. The second-order valence-corrected chi connectivity index (χ2v) is 19.2. The molecule has 0 fully saturated rings. The van der Waals surface area contributed by atoms with Crippen LogP contribution in [0.25, 0.3) is 55.0 Å². The highest BCUT2D eigenvalue weighted by molar-refractivity contribution is 6.10. The van der Waals surface area contributed by atoms with Gasteiger partial charge in [-0.05, 0) is 129 Å². The van der Waals surface area contributed by atoms with Crippen LogP contribution in [0.4, 0.5) is 0 Å². The van der Waals surface area contributed by atoms with E-state index in [1.165, 1.54) is 116 Å². The maximum absolute atomic E-state index is 2.61. The third-order valence-electron chi connectivity index (χ3n) is 15.6. The molecule has 0 unspecified atom stereocenters. The van der Waals surface area contributed by atoms with E-state index in [1.54, 1.807) is 0 Å². The van der Waals surface area contributed by atoms with Crippen molar-refractivity contribution in [1.29, 1.82) is 0 Å². The van der Waals surface area contributed by atoms with E-state index in [4.69, 9.17) is 0 Å². The molecule has 14 rings (SSSR count). The van der Waals surface area contributed by atoms with E-state index in [1.807, 2.05) is 0 Å². The smallest absolute Gasteiger partial charge is 0.0711 e. The molecule has 0 atom stereocenters. The van der Waals surface area contributed by atoms with Crippen LogP contribution in [0.3, 0.4) is 0 Å². The number of nitrogens with zero attached hydrogens (tertiary/aromatic N) is 2. The normalized spacial score (nSPS) is 17.1. The Kier molecular flexibility index (Phi) is 9.13. The van der Waals surface area contributed by atoms with E-state index in [0.717, 1.165) is 38.5 Å². The topological polar surface area (TPSA) is 9.86 Å². The molecule has 324 valence electrons. The molecule has 0 N–H and O–H groups in total. The largest absolute Gasteiger partial charge is 0.309 e. The molecule has 11 aromatic rings. The van der Waals surface area contributed by atoms with Crippen molar-refractivity contribution < 1.29 is 0 Å². The Morgan fingerprint density at radius 3 is 0.881 bits per heavy atom. The number of hydrogen-bond acceptors (Lipinski definition) is 0. The Morgan fingerprint density at radius 1 is 0.299 bits per heavy atom. The van der Waals surface area contributed by atoms with Gasteiger partial charge in [0.1, 0.15) is 0 Å². The molecule has 2 aromatic heterocycles. The Hall–Kier alpha value is -7.42. The Balaban J connectivity index is 1.09. The molecule has 2 heteroatoms. The van der Waals surface area contributed by atoms with Crippen LogP contribution in [0.2, 0.25) is 0 Å². The first-order valence-electron chi connectivity index (χ1n) is 24.7. The highest BCUT2D eigenvalue weighted by Crippen LogP contribution is 2.66. The summed E-state index contributed by atoms with van der Waals surface area (Å²) in [5, 5.41) is 5.13. The highest BCUT2D eigenvalue weighted by atomic mass is 15.0. The molecule has 0 saturated carbocycles. The molecule has 0 spiro atoms. The molecule has 9 aromatic carbocycles. The van der Waals surface area contributed by atoms with E-state index in [2.05, 4.69) is 230 Å². The van der Waals surface area contributed by atoms with E-state index in [-0.39, 0.29) is 0 Å². The first-order valence-corrected chi connectivity index (χ1v) is 24.7. The molecule has 0 amide bonds. The molecular weight excluding hydrogens is 809 g/mol. The van der Waals surface area contributed by atoms with Gasteiger partial charge < -0.3 is 9.13 Å². The molecule has 2 heterocycles. The van der Waals surface area contributed by atoms with Gasteiger partial charge >= 0.3 is 0 Å². The van der Waals surface area contributed by atoms with Crippen LogP contribution in [0, 0.1) is 0 Å². The van der Waals surface area contributed by atoms with Gasteiger partial charge in [-0.1, -0.05) is 192 Å². The van der Waals surface area contributed by atoms with Crippen molar-refractivity contribution in [3.8, 4) is 11.4 Å². The fourth-order valence-electron chi connectivity index (χ4n) is 12.9. The monoisotopic (exact) mass is 862 g/mol. The lowest BCUT2D eigenvalue weighted by molar-refractivity contribution is 0.554. The lowest BCUT2D eigenvalue weighted by Crippen LogP contribution is -2.52. The summed E-state index contributed by atoms with van der Waals surface area (Å²) in [6.07, 6.45) is 6.43. The van der Waals surface area contributed by atoms with Crippen LogP contribution < -0.4 is 0 Å². The van der Waals surface area contributed by atoms with Crippen molar-refractivity contribution in [3.05, 3.63) is 261 Å². The molecule has 0 aliphatic heterocycles. The highest BCUT2D eigenvalue weighted by Gasteiger charge is 2.60. The van der Waals surface area contributed by atoms with Crippen molar-refractivity contribution in [2.24, 2.45) is 0 Å². The minimum Gasteiger partial charge on any atom is -0.309 e. The number of aromatic nitrogens is 2. The van der Waals surface area contributed by atoms with Crippen molar-refractivity contribution in [2.75, 3.05) is 0 Å². The van der Waals surface area contributed by atoms with Gasteiger partial charge in [0.05, 0.1) is 32.9 Å². The molecule has 0 saturated heterocycles. The lowest BCUT2D eigenvalue weighted by Gasteiger charge is -2.57. The summed E-state index contributed by atoms with van der Waals surface area (Å²) >= 11 is 0. The fraction of sp³-hybridized carbons (Fsp3) is 0.169. The summed E-state index contributed by atoms with van der Waals surface area (Å²) in [6, 6.07) is 77.5. The molecule has 3 aliphatic rings. The van der Waals surface area contributed by atoms with E-state index in [0.29, 0.717) is 0 Å². The zero-order valence-corrected chi connectivity index (χ0v) is 38.7. The van der Waals surface area contributed by atoms with Crippen molar-refractivity contribution >= 4 is 43.6 Å².